The van der Waals surface area contributed by atoms with Gasteiger partial charge in [-0.3, -0.25) is 9.59 Å². The quantitative estimate of drug-likeness (QED) is 0.754. The van der Waals surface area contributed by atoms with E-state index >= 15 is 0 Å². The normalized spacial score (nSPS) is 23.3. The molecular formula is C19H24F3NO4. The predicted molar refractivity (Wildman–Crippen MR) is 91.9 cm³/mol. The summed E-state index contributed by atoms with van der Waals surface area (Å²) in [6.07, 6.45) is -6.25. The van der Waals surface area contributed by atoms with Crippen LogP contribution in [-0.4, -0.2) is 52.4 Å². The van der Waals surface area contributed by atoms with Gasteiger partial charge in [0.15, 0.2) is 0 Å². The first kappa shape index (κ1) is 21.2. The lowest BCUT2D eigenvalue weighted by molar-refractivity contribution is -0.169. The second kappa shape index (κ2) is 8.73. The molecule has 1 aromatic carbocycles. The molecule has 1 aromatic rings. The van der Waals surface area contributed by atoms with Crippen LogP contribution in [0, 0.1) is 5.41 Å². The number of aliphatic hydroxyl groups excluding tert-OH is 1. The van der Waals surface area contributed by atoms with Crippen molar-refractivity contribution in [1.29, 1.82) is 0 Å². The molecular weight excluding hydrogens is 363 g/mol. The highest BCUT2D eigenvalue weighted by Crippen LogP contribution is 2.36. The Balaban J connectivity index is 2.03. The fourth-order valence-electron chi connectivity index (χ4n) is 3.51. The monoisotopic (exact) mass is 387 g/mol. The number of piperidine rings is 1. The zero-order valence-corrected chi connectivity index (χ0v) is 14.9. The van der Waals surface area contributed by atoms with Gasteiger partial charge in [-0.1, -0.05) is 30.3 Å². The lowest BCUT2D eigenvalue weighted by Crippen LogP contribution is -2.57. The van der Waals surface area contributed by atoms with Crippen LogP contribution in [0.5, 0.6) is 0 Å². The molecule has 1 saturated heterocycles. The Kier molecular flexibility index (Phi) is 6.86. The maximum absolute atomic E-state index is 12.3. The molecule has 1 heterocycles. The summed E-state index contributed by atoms with van der Waals surface area (Å²) in [5.74, 6) is -1.95. The molecule has 1 fully saturated rings. The van der Waals surface area contributed by atoms with Crippen molar-refractivity contribution in [2.45, 2.75) is 50.8 Å². The van der Waals surface area contributed by atoms with Crippen molar-refractivity contribution in [2.24, 2.45) is 5.41 Å². The lowest BCUT2D eigenvalue weighted by atomic mass is 9.73. The summed E-state index contributed by atoms with van der Waals surface area (Å²) in [6, 6.07) is 9.45. The molecule has 0 spiro atoms. The topological polar surface area (TPSA) is 77.8 Å². The molecule has 5 nitrogen and oxygen atoms in total. The van der Waals surface area contributed by atoms with Crippen molar-refractivity contribution < 1.29 is 33.0 Å². The van der Waals surface area contributed by atoms with Crippen molar-refractivity contribution >= 4 is 11.9 Å². The van der Waals surface area contributed by atoms with Gasteiger partial charge in [-0.2, -0.15) is 13.2 Å². The Morgan fingerprint density at radius 3 is 2.48 bits per heavy atom. The first-order valence-corrected chi connectivity index (χ1v) is 8.94. The number of alkyl halides is 3. The van der Waals surface area contributed by atoms with E-state index in [4.69, 9.17) is 0 Å². The molecule has 150 valence electrons. The van der Waals surface area contributed by atoms with E-state index in [0.29, 0.717) is 12.8 Å². The highest BCUT2D eigenvalue weighted by molar-refractivity contribution is 5.80. The molecule has 8 heteroatoms. The summed E-state index contributed by atoms with van der Waals surface area (Å²) in [7, 11) is 0. The van der Waals surface area contributed by atoms with Gasteiger partial charge in [0.1, 0.15) is 5.41 Å². The molecule has 2 N–H and O–H groups in total. The van der Waals surface area contributed by atoms with Gasteiger partial charge in [0, 0.05) is 19.5 Å². The number of likely N-dealkylation sites (tertiary alicyclic amines) is 1. The minimum Gasteiger partial charge on any atom is -0.481 e. The standard InChI is InChI=1S/C19H24F3NO4/c20-19(21,22)11-8-16(25)23-12-9-15(24)18(13-23,17(26)27)10-4-7-14-5-2-1-3-6-14/h1-3,5-6,15,24H,4,7-13H2,(H,26,27)/t15-,18-/m1/s1. The number of halogens is 3. The van der Waals surface area contributed by atoms with Gasteiger partial charge in [0.25, 0.3) is 0 Å². The summed E-state index contributed by atoms with van der Waals surface area (Å²) in [5.41, 5.74) is -0.526. The number of carboxylic acid groups (broad SMARTS) is 1. The van der Waals surface area contributed by atoms with E-state index in [1.54, 1.807) is 0 Å². The summed E-state index contributed by atoms with van der Waals surface area (Å²) in [6.45, 7) is -0.208. The van der Waals surface area contributed by atoms with Crippen LogP contribution in [0.15, 0.2) is 30.3 Å². The van der Waals surface area contributed by atoms with Gasteiger partial charge in [0.2, 0.25) is 5.91 Å². The molecule has 1 aliphatic rings. The van der Waals surface area contributed by atoms with E-state index in [0.717, 1.165) is 10.5 Å². The molecule has 27 heavy (non-hydrogen) atoms. The van der Waals surface area contributed by atoms with Gasteiger partial charge in [-0.15, -0.1) is 0 Å². The van der Waals surface area contributed by atoms with Gasteiger partial charge in [-0.25, -0.2) is 0 Å². The number of carboxylic acids is 1. The number of aliphatic hydroxyl groups is 1. The number of aryl methyl sites for hydroxylation is 1. The van der Waals surface area contributed by atoms with Crippen LogP contribution in [0.2, 0.25) is 0 Å². The number of hydrogen-bond acceptors (Lipinski definition) is 3. The van der Waals surface area contributed by atoms with Crippen LogP contribution in [0.1, 0.15) is 37.7 Å². The second-order valence-electron chi connectivity index (χ2n) is 7.04. The SMILES string of the molecule is O=C(CCC(F)(F)F)N1CC[C@@H](O)[C@](CCCc2ccccc2)(C(=O)O)C1. The maximum atomic E-state index is 12.3. The second-order valence-corrected chi connectivity index (χ2v) is 7.04. The lowest BCUT2D eigenvalue weighted by Gasteiger charge is -2.43. The summed E-state index contributed by atoms with van der Waals surface area (Å²) >= 11 is 0. The summed E-state index contributed by atoms with van der Waals surface area (Å²) in [4.78, 5) is 25.2. The largest absolute Gasteiger partial charge is 0.481 e. The third-order valence-corrected chi connectivity index (χ3v) is 5.12. The van der Waals surface area contributed by atoms with E-state index in [-0.39, 0.29) is 25.9 Å². The van der Waals surface area contributed by atoms with E-state index in [9.17, 15) is 33.0 Å². The zero-order chi connectivity index (χ0) is 20.1. The van der Waals surface area contributed by atoms with Crippen molar-refractivity contribution in [3.05, 3.63) is 35.9 Å². The fourth-order valence-corrected chi connectivity index (χ4v) is 3.51. The molecule has 2 atom stereocenters. The molecule has 0 aliphatic carbocycles. The van der Waals surface area contributed by atoms with Crippen LogP contribution < -0.4 is 0 Å². The van der Waals surface area contributed by atoms with Crippen LogP contribution in [0.3, 0.4) is 0 Å². The van der Waals surface area contributed by atoms with Crippen LogP contribution in [0.4, 0.5) is 13.2 Å². The Hall–Kier alpha value is -2.09. The third-order valence-electron chi connectivity index (χ3n) is 5.12. The first-order chi connectivity index (χ1) is 12.6. The van der Waals surface area contributed by atoms with Crippen LogP contribution >= 0.6 is 0 Å². The molecule has 1 aliphatic heterocycles. The summed E-state index contributed by atoms with van der Waals surface area (Å²) < 4.78 is 37.0. The number of amides is 1. The third kappa shape index (κ3) is 5.69. The van der Waals surface area contributed by atoms with E-state index in [2.05, 4.69) is 0 Å². The van der Waals surface area contributed by atoms with E-state index in [1.807, 2.05) is 30.3 Å². The van der Waals surface area contributed by atoms with Crippen molar-refractivity contribution in [3.8, 4) is 0 Å². The average Bonchev–Trinajstić information content (AvgIpc) is 2.61. The van der Waals surface area contributed by atoms with Crippen LogP contribution in [0.25, 0.3) is 0 Å². The van der Waals surface area contributed by atoms with Crippen molar-refractivity contribution in [1.82, 2.24) is 4.90 Å². The highest BCUT2D eigenvalue weighted by Gasteiger charge is 2.49. The number of hydrogen-bond donors (Lipinski definition) is 2. The molecule has 0 radical (unpaired) electrons. The number of rotatable bonds is 7. The Labute approximate surface area is 155 Å². The number of carbonyl (C=O) groups excluding carboxylic acids is 1. The van der Waals surface area contributed by atoms with Gasteiger partial charge in [0.05, 0.1) is 12.5 Å². The first-order valence-electron chi connectivity index (χ1n) is 8.94. The highest BCUT2D eigenvalue weighted by atomic mass is 19.4. The fraction of sp³-hybridized carbons (Fsp3) is 0.579. The van der Waals surface area contributed by atoms with Gasteiger partial charge >= 0.3 is 12.1 Å². The smallest absolute Gasteiger partial charge is 0.389 e. The Morgan fingerprint density at radius 1 is 1.22 bits per heavy atom. The average molecular weight is 387 g/mol. The van der Waals surface area contributed by atoms with E-state index < -0.39 is 42.4 Å². The molecule has 0 aromatic heterocycles. The number of benzene rings is 1. The predicted octanol–water partition coefficient (Wildman–Crippen LogP) is 3.02. The number of aliphatic carboxylic acids is 1. The molecule has 0 bridgehead atoms. The van der Waals surface area contributed by atoms with Crippen molar-refractivity contribution in [3.63, 3.8) is 0 Å². The van der Waals surface area contributed by atoms with E-state index in [1.165, 1.54) is 0 Å². The van der Waals surface area contributed by atoms with Gasteiger partial charge in [-0.05, 0) is 31.2 Å². The number of nitrogens with zero attached hydrogens (tertiary/aromatic N) is 1. The molecule has 0 saturated carbocycles. The number of carbonyl (C=O) groups is 2. The molecule has 1 amide bonds. The molecule has 0 unspecified atom stereocenters. The zero-order valence-electron chi connectivity index (χ0n) is 14.9. The Morgan fingerprint density at radius 2 is 1.89 bits per heavy atom. The van der Waals surface area contributed by atoms with Gasteiger partial charge < -0.3 is 15.1 Å². The van der Waals surface area contributed by atoms with Crippen molar-refractivity contribution in [2.75, 3.05) is 13.1 Å². The minimum atomic E-state index is -4.44. The minimum absolute atomic E-state index is 0.0371. The Bertz CT molecular complexity index is 650. The molecule has 2 rings (SSSR count). The van der Waals surface area contributed by atoms with Crippen LogP contribution in [-0.2, 0) is 16.0 Å². The maximum Gasteiger partial charge on any atom is 0.389 e. The summed E-state index contributed by atoms with van der Waals surface area (Å²) in [5, 5.41) is 20.1.